The highest BCUT2D eigenvalue weighted by molar-refractivity contribution is 7.89. The average Bonchev–Trinajstić information content (AvgIpc) is 2.54. The summed E-state index contributed by atoms with van der Waals surface area (Å²) in [5.41, 5.74) is 0.750. The van der Waals surface area contributed by atoms with E-state index in [4.69, 9.17) is 4.74 Å². The van der Waals surface area contributed by atoms with Crippen molar-refractivity contribution < 1.29 is 17.9 Å². The van der Waals surface area contributed by atoms with Crippen LogP contribution in [0.4, 0.5) is 0 Å². The lowest BCUT2D eigenvalue weighted by Gasteiger charge is -2.22. The Kier molecular flexibility index (Phi) is 8.38. The van der Waals surface area contributed by atoms with Crippen molar-refractivity contribution >= 4 is 15.9 Å². The van der Waals surface area contributed by atoms with Crippen molar-refractivity contribution in [2.75, 3.05) is 19.7 Å². The number of carbonyl (C=O) groups excluding carboxylic acids is 1. The molecule has 0 spiro atoms. The van der Waals surface area contributed by atoms with Crippen LogP contribution in [0.5, 0.6) is 5.75 Å². The van der Waals surface area contributed by atoms with Gasteiger partial charge in [-0.3, -0.25) is 4.79 Å². The number of benzene rings is 1. The molecule has 0 aliphatic heterocycles. The normalized spacial score (nSPS) is 12.9. The van der Waals surface area contributed by atoms with E-state index in [1.807, 2.05) is 20.8 Å². The fourth-order valence-electron chi connectivity index (χ4n) is 2.60. The summed E-state index contributed by atoms with van der Waals surface area (Å²) in [6.07, 6.45) is 1.82. The van der Waals surface area contributed by atoms with Gasteiger partial charge in [-0.1, -0.05) is 20.3 Å². The van der Waals surface area contributed by atoms with Crippen molar-refractivity contribution in [2.24, 2.45) is 0 Å². The number of carbonyl (C=O) groups is 1. The zero-order valence-electron chi connectivity index (χ0n) is 15.8. The largest absolute Gasteiger partial charge is 0.494 e. The Labute approximate surface area is 151 Å². The molecule has 25 heavy (non-hydrogen) atoms. The third-order valence-corrected chi connectivity index (χ3v) is 5.80. The molecule has 0 aliphatic carbocycles. The minimum atomic E-state index is -3.73. The van der Waals surface area contributed by atoms with E-state index in [2.05, 4.69) is 5.32 Å². The molecule has 1 N–H and O–H groups in total. The third kappa shape index (κ3) is 6.01. The van der Waals surface area contributed by atoms with Crippen molar-refractivity contribution in [3.63, 3.8) is 0 Å². The molecule has 1 aromatic rings. The molecule has 0 aliphatic rings. The fraction of sp³-hybridized carbons (Fsp3) is 0.611. The second kappa shape index (κ2) is 9.77. The summed E-state index contributed by atoms with van der Waals surface area (Å²) in [5, 5.41) is 2.84. The number of nitrogens with one attached hydrogen (secondary N) is 1. The van der Waals surface area contributed by atoms with Gasteiger partial charge in [0.25, 0.3) is 0 Å². The maximum Gasteiger partial charge on any atom is 0.243 e. The lowest BCUT2D eigenvalue weighted by atomic mass is 10.2. The SMILES string of the molecule is CCC[C@H](C)NC(=O)CN(CC)S(=O)(=O)c1ccc(OCC)c(C)c1. The van der Waals surface area contributed by atoms with Gasteiger partial charge >= 0.3 is 0 Å². The van der Waals surface area contributed by atoms with Crippen molar-refractivity contribution in [1.82, 2.24) is 9.62 Å². The molecule has 0 heterocycles. The Morgan fingerprint density at radius 2 is 1.96 bits per heavy atom. The van der Waals surface area contributed by atoms with Crippen LogP contribution in [-0.2, 0) is 14.8 Å². The second-order valence-corrected chi connectivity index (χ2v) is 7.99. The topological polar surface area (TPSA) is 75.7 Å². The minimum absolute atomic E-state index is 0.0339. The molecule has 0 saturated heterocycles. The third-order valence-electron chi connectivity index (χ3n) is 3.89. The second-order valence-electron chi connectivity index (χ2n) is 6.05. The highest BCUT2D eigenvalue weighted by Crippen LogP contribution is 2.24. The molecule has 0 aromatic heterocycles. The number of sulfonamides is 1. The van der Waals surface area contributed by atoms with Crippen LogP contribution in [0.15, 0.2) is 23.1 Å². The Balaban J connectivity index is 2.93. The van der Waals surface area contributed by atoms with Crippen LogP contribution < -0.4 is 10.1 Å². The number of likely N-dealkylation sites (N-methyl/N-ethyl adjacent to an activating group) is 1. The molecular weight excluding hydrogens is 340 g/mol. The summed E-state index contributed by atoms with van der Waals surface area (Å²) in [6, 6.07) is 4.79. The summed E-state index contributed by atoms with van der Waals surface area (Å²) in [5.74, 6) is 0.379. The molecule has 1 rings (SSSR count). The molecule has 1 amide bonds. The molecule has 1 aromatic carbocycles. The van der Waals surface area contributed by atoms with Crippen LogP contribution in [0.2, 0.25) is 0 Å². The van der Waals surface area contributed by atoms with Crippen molar-refractivity contribution in [3.8, 4) is 5.75 Å². The predicted molar refractivity (Wildman–Crippen MR) is 99.3 cm³/mol. The first kappa shape index (κ1) is 21.4. The van der Waals surface area contributed by atoms with Gasteiger partial charge in [-0.2, -0.15) is 4.31 Å². The quantitative estimate of drug-likeness (QED) is 0.687. The number of hydrogen-bond donors (Lipinski definition) is 1. The van der Waals surface area contributed by atoms with Crippen molar-refractivity contribution in [1.29, 1.82) is 0 Å². The molecule has 1 atom stereocenters. The number of aryl methyl sites for hydroxylation is 1. The van der Waals surface area contributed by atoms with Gasteiger partial charge < -0.3 is 10.1 Å². The van der Waals surface area contributed by atoms with E-state index in [0.29, 0.717) is 12.4 Å². The monoisotopic (exact) mass is 370 g/mol. The van der Waals surface area contributed by atoms with Crippen LogP contribution >= 0.6 is 0 Å². The Bertz CT molecular complexity index is 674. The van der Waals surface area contributed by atoms with E-state index in [0.717, 1.165) is 18.4 Å². The average molecular weight is 371 g/mol. The first-order chi connectivity index (χ1) is 11.8. The lowest BCUT2D eigenvalue weighted by molar-refractivity contribution is -0.121. The molecular formula is C18H30N2O4S. The van der Waals surface area contributed by atoms with E-state index in [-0.39, 0.29) is 29.9 Å². The number of hydrogen-bond acceptors (Lipinski definition) is 4. The van der Waals surface area contributed by atoms with E-state index in [1.54, 1.807) is 26.0 Å². The number of rotatable bonds is 10. The summed E-state index contributed by atoms with van der Waals surface area (Å²) >= 11 is 0. The summed E-state index contributed by atoms with van der Waals surface area (Å²) < 4.78 is 32.3. The smallest absolute Gasteiger partial charge is 0.243 e. The minimum Gasteiger partial charge on any atom is -0.494 e. The van der Waals surface area contributed by atoms with Crippen LogP contribution in [-0.4, -0.2) is 44.4 Å². The lowest BCUT2D eigenvalue weighted by Crippen LogP contribution is -2.43. The summed E-state index contributed by atoms with van der Waals surface area (Å²) in [6.45, 7) is 9.93. The standard InChI is InChI=1S/C18H30N2O4S/c1-6-9-15(5)19-18(21)13-20(7-2)25(22,23)16-10-11-17(24-8-3)14(4)12-16/h10-12,15H,6-9,13H2,1-5H3,(H,19,21)/t15-/m0/s1. The maximum absolute atomic E-state index is 12.8. The number of ether oxygens (including phenoxy) is 1. The van der Waals surface area contributed by atoms with Gasteiger partial charge in [-0.05, 0) is 51.0 Å². The Morgan fingerprint density at radius 3 is 2.48 bits per heavy atom. The van der Waals surface area contributed by atoms with Crippen molar-refractivity contribution in [2.45, 2.75) is 58.4 Å². The summed E-state index contributed by atoms with van der Waals surface area (Å²) in [7, 11) is -3.73. The fourth-order valence-corrected chi connectivity index (χ4v) is 4.09. The van der Waals surface area contributed by atoms with Gasteiger partial charge in [0.05, 0.1) is 18.0 Å². The van der Waals surface area contributed by atoms with Crippen LogP contribution in [0.1, 0.15) is 46.1 Å². The van der Waals surface area contributed by atoms with Gasteiger partial charge in [0, 0.05) is 12.6 Å². The van der Waals surface area contributed by atoms with E-state index < -0.39 is 10.0 Å². The number of amides is 1. The number of nitrogens with zero attached hydrogens (tertiary/aromatic N) is 1. The molecule has 7 heteroatoms. The Hall–Kier alpha value is -1.60. The maximum atomic E-state index is 12.8. The zero-order chi connectivity index (χ0) is 19.0. The van der Waals surface area contributed by atoms with Gasteiger partial charge in [0.1, 0.15) is 5.75 Å². The first-order valence-corrected chi connectivity index (χ1v) is 10.2. The highest BCUT2D eigenvalue weighted by atomic mass is 32.2. The molecule has 0 bridgehead atoms. The highest BCUT2D eigenvalue weighted by Gasteiger charge is 2.26. The Morgan fingerprint density at radius 1 is 1.28 bits per heavy atom. The molecule has 6 nitrogen and oxygen atoms in total. The summed E-state index contributed by atoms with van der Waals surface area (Å²) in [4.78, 5) is 12.3. The first-order valence-electron chi connectivity index (χ1n) is 8.79. The molecule has 0 radical (unpaired) electrons. The molecule has 0 fully saturated rings. The van der Waals surface area contributed by atoms with Crippen LogP contribution in [0, 0.1) is 6.92 Å². The van der Waals surface area contributed by atoms with Gasteiger partial charge in [0.15, 0.2) is 0 Å². The van der Waals surface area contributed by atoms with Crippen LogP contribution in [0.25, 0.3) is 0 Å². The van der Waals surface area contributed by atoms with Gasteiger partial charge in [-0.15, -0.1) is 0 Å². The van der Waals surface area contributed by atoms with Crippen LogP contribution in [0.3, 0.4) is 0 Å². The van der Waals surface area contributed by atoms with Gasteiger partial charge in [0.2, 0.25) is 15.9 Å². The van der Waals surface area contributed by atoms with E-state index in [9.17, 15) is 13.2 Å². The molecule has 0 unspecified atom stereocenters. The van der Waals surface area contributed by atoms with E-state index >= 15 is 0 Å². The van der Waals surface area contributed by atoms with Crippen molar-refractivity contribution in [3.05, 3.63) is 23.8 Å². The van der Waals surface area contributed by atoms with Gasteiger partial charge in [-0.25, -0.2) is 8.42 Å². The molecule has 142 valence electrons. The van der Waals surface area contributed by atoms with E-state index in [1.165, 1.54) is 10.4 Å². The predicted octanol–water partition coefficient (Wildman–Crippen LogP) is 2.71. The molecule has 0 saturated carbocycles. The zero-order valence-corrected chi connectivity index (χ0v) is 16.6.